The van der Waals surface area contributed by atoms with Gasteiger partial charge in [0, 0.05) is 0 Å². The Balaban J connectivity index is 2.24. The molecule has 0 spiro atoms. The molecule has 0 aromatic heterocycles. The van der Waals surface area contributed by atoms with Crippen LogP contribution in [0.3, 0.4) is 0 Å². The van der Waals surface area contributed by atoms with Gasteiger partial charge < -0.3 is 14.6 Å². The summed E-state index contributed by atoms with van der Waals surface area (Å²) in [6.07, 6.45) is 1.27. The van der Waals surface area contributed by atoms with Gasteiger partial charge in [-0.25, -0.2) is 4.79 Å². The molecule has 0 saturated carbocycles. The molecule has 1 N–H and O–H groups in total. The third kappa shape index (κ3) is 5.16. The van der Waals surface area contributed by atoms with Gasteiger partial charge in [0.25, 0.3) is 0 Å². The topological polar surface area (TPSA) is 79.5 Å². The van der Waals surface area contributed by atoms with Crippen molar-refractivity contribution in [1.29, 1.82) is 5.26 Å². The minimum atomic E-state index is -1.29. The van der Waals surface area contributed by atoms with Gasteiger partial charge in [0.1, 0.15) is 18.2 Å². The second kappa shape index (κ2) is 9.14. The van der Waals surface area contributed by atoms with E-state index in [0.717, 1.165) is 5.56 Å². The van der Waals surface area contributed by atoms with Crippen LogP contribution in [-0.4, -0.2) is 17.7 Å². The predicted octanol–water partition coefficient (Wildman–Crippen LogP) is 4.96. The lowest BCUT2D eigenvalue weighted by Gasteiger charge is -2.13. The standard InChI is InChI=1S/C19H15Cl2NO4/c1-2-25-18-9-12(7-14(10-22)19(23)24)4-6-17(18)26-11-13-3-5-15(20)16(21)8-13/h3-9H,2,11H2,1H3,(H,23,24). The number of ether oxygens (including phenoxy) is 2. The molecule has 0 aliphatic rings. The lowest BCUT2D eigenvalue weighted by Crippen LogP contribution is -2.01. The molecule has 0 aliphatic carbocycles. The molecule has 0 bridgehead atoms. The maximum Gasteiger partial charge on any atom is 0.346 e. The number of aliphatic carboxylic acids is 1. The number of rotatable bonds is 7. The van der Waals surface area contributed by atoms with Crippen molar-refractivity contribution in [2.75, 3.05) is 6.61 Å². The van der Waals surface area contributed by atoms with Gasteiger partial charge in [-0.15, -0.1) is 0 Å². The smallest absolute Gasteiger partial charge is 0.346 e. The normalized spacial score (nSPS) is 10.9. The molecule has 0 saturated heterocycles. The fraction of sp³-hybridized carbons (Fsp3) is 0.158. The third-order valence-electron chi connectivity index (χ3n) is 3.31. The van der Waals surface area contributed by atoms with Crippen LogP contribution in [0.1, 0.15) is 18.1 Å². The van der Waals surface area contributed by atoms with Crippen LogP contribution in [0.15, 0.2) is 42.0 Å². The number of carbonyl (C=O) groups is 1. The monoisotopic (exact) mass is 391 g/mol. The average Bonchev–Trinajstić information content (AvgIpc) is 2.61. The lowest BCUT2D eigenvalue weighted by molar-refractivity contribution is -0.132. The molecule has 5 nitrogen and oxygen atoms in total. The van der Waals surface area contributed by atoms with Crippen molar-refractivity contribution in [2.45, 2.75) is 13.5 Å². The predicted molar refractivity (Wildman–Crippen MR) is 99.6 cm³/mol. The second-order valence-electron chi connectivity index (χ2n) is 5.15. The molecule has 0 amide bonds. The zero-order valence-electron chi connectivity index (χ0n) is 13.8. The number of carboxylic acid groups (broad SMARTS) is 1. The van der Waals surface area contributed by atoms with E-state index in [1.807, 2.05) is 6.92 Å². The second-order valence-corrected chi connectivity index (χ2v) is 5.97. The van der Waals surface area contributed by atoms with Gasteiger partial charge in [0.15, 0.2) is 11.5 Å². The van der Waals surface area contributed by atoms with Gasteiger partial charge >= 0.3 is 5.97 Å². The Bertz CT molecular complexity index is 888. The van der Waals surface area contributed by atoms with Gasteiger partial charge in [-0.05, 0) is 48.4 Å². The summed E-state index contributed by atoms with van der Waals surface area (Å²) in [4.78, 5) is 11.0. The van der Waals surface area contributed by atoms with Crippen LogP contribution in [0.5, 0.6) is 11.5 Å². The molecule has 0 heterocycles. The molecule has 7 heteroatoms. The molecule has 2 aromatic rings. The van der Waals surface area contributed by atoms with Crippen LogP contribution in [0.25, 0.3) is 6.08 Å². The molecular weight excluding hydrogens is 377 g/mol. The minimum absolute atomic E-state index is 0.255. The van der Waals surface area contributed by atoms with Crippen molar-refractivity contribution in [3.05, 3.63) is 63.1 Å². The lowest BCUT2D eigenvalue weighted by atomic mass is 10.1. The number of hydrogen-bond acceptors (Lipinski definition) is 4. The van der Waals surface area contributed by atoms with E-state index >= 15 is 0 Å². The highest BCUT2D eigenvalue weighted by molar-refractivity contribution is 6.42. The van der Waals surface area contributed by atoms with Crippen molar-refractivity contribution < 1.29 is 19.4 Å². The summed E-state index contributed by atoms with van der Waals surface area (Å²) in [7, 11) is 0. The number of nitrogens with zero attached hydrogens (tertiary/aromatic N) is 1. The van der Waals surface area contributed by atoms with E-state index in [9.17, 15) is 4.79 Å². The first-order valence-electron chi connectivity index (χ1n) is 7.63. The van der Waals surface area contributed by atoms with Gasteiger partial charge in [0.05, 0.1) is 16.7 Å². The van der Waals surface area contributed by atoms with Crippen LogP contribution in [0, 0.1) is 11.3 Å². The maximum absolute atomic E-state index is 11.0. The van der Waals surface area contributed by atoms with Crippen LogP contribution in [0.2, 0.25) is 10.0 Å². The summed E-state index contributed by atoms with van der Waals surface area (Å²) in [5.41, 5.74) is 0.995. The van der Waals surface area contributed by atoms with E-state index in [1.54, 1.807) is 42.5 Å². The van der Waals surface area contributed by atoms with Crippen LogP contribution in [-0.2, 0) is 11.4 Å². The largest absolute Gasteiger partial charge is 0.490 e. The quantitative estimate of drug-likeness (QED) is 0.532. The SMILES string of the molecule is CCOc1cc(C=C(C#N)C(=O)O)ccc1OCc1ccc(Cl)c(Cl)c1. The Morgan fingerprint density at radius 3 is 2.54 bits per heavy atom. The molecule has 2 rings (SSSR count). The molecule has 0 fully saturated rings. The van der Waals surface area contributed by atoms with Crippen molar-refractivity contribution in [2.24, 2.45) is 0 Å². The number of benzene rings is 2. The van der Waals surface area contributed by atoms with Crippen molar-refractivity contribution >= 4 is 35.2 Å². The fourth-order valence-electron chi connectivity index (χ4n) is 2.10. The summed E-state index contributed by atoms with van der Waals surface area (Å²) in [6, 6.07) is 11.8. The molecule has 0 atom stereocenters. The Hall–Kier alpha value is -2.68. The number of hydrogen-bond donors (Lipinski definition) is 1. The van der Waals surface area contributed by atoms with Crippen molar-refractivity contribution in [1.82, 2.24) is 0 Å². The molecule has 0 radical (unpaired) electrons. The van der Waals surface area contributed by atoms with Gasteiger partial charge in [-0.3, -0.25) is 0 Å². The zero-order valence-corrected chi connectivity index (χ0v) is 15.3. The van der Waals surface area contributed by atoms with E-state index in [-0.39, 0.29) is 12.2 Å². The number of carboxylic acids is 1. The summed E-state index contributed by atoms with van der Waals surface area (Å²) < 4.78 is 11.3. The molecule has 26 heavy (non-hydrogen) atoms. The fourth-order valence-corrected chi connectivity index (χ4v) is 2.42. The van der Waals surface area contributed by atoms with E-state index in [0.29, 0.717) is 33.7 Å². The Kier molecular flexibility index (Phi) is 6.90. The highest BCUT2D eigenvalue weighted by atomic mass is 35.5. The first kappa shape index (κ1) is 19.6. The molecule has 0 aliphatic heterocycles. The summed E-state index contributed by atoms with van der Waals surface area (Å²) in [5.74, 6) is -0.349. The van der Waals surface area contributed by atoms with E-state index in [1.165, 1.54) is 6.08 Å². The van der Waals surface area contributed by atoms with Crippen LogP contribution < -0.4 is 9.47 Å². The van der Waals surface area contributed by atoms with E-state index in [2.05, 4.69) is 0 Å². The van der Waals surface area contributed by atoms with Crippen molar-refractivity contribution in [3.8, 4) is 17.6 Å². The first-order chi connectivity index (χ1) is 12.4. The minimum Gasteiger partial charge on any atom is -0.490 e. The number of halogens is 2. The summed E-state index contributed by atoms with van der Waals surface area (Å²) >= 11 is 11.9. The third-order valence-corrected chi connectivity index (χ3v) is 4.05. The maximum atomic E-state index is 11.0. The summed E-state index contributed by atoms with van der Waals surface area (Å²) in [5, 5.41) is 18.7. The Labute approximate surface area is 161 Å². The molecular formula is C19H15Cl2NO4. The first-order valence-corrected chi connectivity index (χ1v) is 8.38. The molecule has 2 aromatic carbocycles. The van der Waals surface area contributed by atoms with E-state index in [4.69, 9.17) is 43.0 Å². The van der Waals surface area contributed by atoms with Crippen LogP contribution in [0.4, 0.5) is 0 Å². The van der Waals surface area contributed by atoms with Crippen molar-refractivity contribution in [3.63, 3.8) is 0 Å². The molecule has 0 unspecified atom stereocenters. The van der Waals surface area contributed by atoms with Crippen LogP contribution >= 0.6 is 23.2 Å². The highest BCUT2D eigenvalue weighted by Crippen LogP contribution is 2.31. The Morgan fingerprint density at radius 2 is 1.92 bits per heavy atom. The van der Waals surface area contributed by atoms with Gasteiger partial charge in [-0.1, -0.05) is 35.3 Å². The average molecular weight is 392 g/mol. The van der Waals surface area contributed by atoms with Gasteiger partial charge in [-0.2, -0.15) is 5.26 Å². The van der Waals surface area contributed by atoms with E-state index < -0.39 is 5.97 Å². The zero-order chi connectivity index (χ0) is 19.1. The number of nitriles is 1. The summed E-state index contributed by atoms with van der Waals surface area (Å²) in [6.45, 7) is 2.48. The van der Waals surface area contributed by atoms with Gasteiger partial charge in [0.2, 0.25) is 0 Å². The highest BCUT2D eigenvalue weighted by Gasteiger charge is 2.10. The Morgan fingerprint density at radius 1 is 1.15 bits per heavy atom. The molecule has 134 valence electrons.